The molecule has 0 aliphatic carbocycles. The molecule has 0 spiro atoms. The fourth-order valence-electron chi connectivity index (χ4n) is 3.35. The number of methoxy groups -OCH3 is 1. The Balaban J connectivity index is 1.49. The van der Waals surface area contributed by atoms with Gasteiger partial charge in [-0.1, -0.05) is 18.2 Å². The lowest BCUT2D eigenvalue weighted by atomic mass is 10.1. The molecular weight excluding hydrogens is 330 g/mol. The fourth-order valence-corrected chi connectivity index (χ4v) is 3.35. The van der Waals surface area contributed by atoms with Crippen molar-refractivity contribution in [2.45, 2.75) is 12.5 Å². The molecule has 0 saturated carbocycles. The van der Waals surface area contributed by atoms with Crippen LogP contribution in [0.15, 0.2) is 54.7 Å². The number of nitrogens with one attached hydrogen (secondary N) is 2. The highest BCUT2D eigenvalue weighted by atomic mass is 16.5. The van der Waals surface area contributed by atoms with E-state index in [0.29, 0.717) is 17.9 Å². The first-order chi connectivity index (χ1) is 12.7. The molecule has 1 atom stereocenters. The second kappa shape index (κ2) is 6.55. The second-order valence-corrected chi connectivity index (χ2v) is 6.33. The summed E-state index contributed by atoms with van der Waals surface area (Å²) < 4.78 is 5.34. The topological polar surface area (TPSA) is 74.4 Å². The first-order valence-corrected chi connectivity index (χ1v) is 8.47. The largest absolute Gasteiger partial charge is 0.495 e. The number of hydrogen-bond donors (Lipinski definition) is 2. The van der Waals surface area contributed by atoms with Crippen LogP contribution in [-0.2, 0) is 4.79 Å². The van der Waals surface area contributed by atoms with Gasteiger partial charge in [0.1, 0.15) is 5.75 Å². The molecule has 26 heavy (non-hydrogen) atoms. The summed E-state index contributed by atoms with van der Waals surface area (Å²) in [6.07, 6.45) is 2.11. The fraction of sp³-hybridized carbons (Fsp3) is 0.200. The standard InChI is InChI=1S/C20H19N3O3/c1-26-18-5-3-2-4-17(18)23-12-15(11-19(23)24)22-20(25)14-7-6-13-8-9-21-16(13)10-14/h2-10,15,21H,11-12H2,1H3,(H,22,25)/t15-/m0/s1. The molecule has 4 rings (SSSR count). The van der Waals surface area contributed by atoms with Crippen LogP contribution in [0.25, 0.3) is 10.9 Å². The van der Waals surface area contributed by atoms with E-state index in [9.17, 15) is 9.59 Å². The third-order valence-electron chi connectivity index (χ3n) is 4.65. The van der Waals surface area contributed by atoms with Crippen LogP contribution >= 0.6 is 0 Å². The van der Waals surface area contributed by atoms with Gasteiger partial charge in [0, 0.05) is 30.2 Å². The van der Waals surface area contributed by atoms with E-state index >= 15 is 0 Å². The maximum absolute atomic E-state index is 12.6. The number of H-pyrrole nitrogens is 1. The molecule has 132 valence electrons. The lowest BCUT2D eigenvalue weighted by Gasteiger charge is -2.19. The minimum Gasteiger partial charge on any atom is -0.495 e. The summed E-state index contributed by atoms with van der Waals surface area (Å²) in [5.74, 6) is 0.436. The third kappa shape index (κ3) is 2.90. The summed E-state index contributed by atoms with van der Waals surface area (Å²) in [6.45, 7) is 0.426. The normalized spacial score (nSPS) is 16.9. The average molecular weight is 349 g/mol. The van der Waals surface area contributed by atoms with Crippen LogP contribution in [0.4, 0.5) is 5.69 Å². The monoisotopic (exact) mass is 349 g/mol. The molecular formula is C20H19N3O3. The van der Waals surface area contributed by atoms with Gasteiger partial charge in [0.25, 0.3) is 5.91 Å². The first-order valence-electron chi connectivity index (χ1n) is 8.47. The average Bonchev–Trinajstić information content (AvgIpc) is 3.27. The number of hydrogen-bond acceptors (Lipinski definition) is 3. The molecule has 3 aromatic rings. The summed E-state index contributed by atoms with van der Waals surface area (Å²) >= 11 is 0. The van der Waals surface area contributed by atoms with E-state index in [1.165, 1.54) is 0 Å². The van der Waals surface area contributed by atoms with Crippen molar-refractivity contribution in [3.05, 3.63) is 60.3 Å². The number of para-hydroxylation sites is 2. The van der Waals surface area contributed by atoms with Crippen molar-refractivity contribution in [2.75, 3.05) is 18.6 Å². The Labute approximate surface area is 150 Å². The number of amides is 2. The Hall–Kier alpha value is -3.28. The van der Waals surface area contributed by atoms with Crippen molar-refractivity contribution in [2.24, 2.45) is 0 Å². The van der Waals surface area contributed by atoms with Gasteiger partial charge in [0.15, 0.2) is 0 Å². The highest BCUT2D eigenvalue weighted by Crippen LogP contribution is 2.31. The Morgan fingerprint density at radius 2 is 2.08 bits per heavy atom. The maximum Gasteiger partial charge on any atom is 0.251 e. The number of carbonyl (C=O) groups is 2. The van der Waals surface area contributed by atoms with Crippen LogP contribution < -0.4 is 15.0 Å². The smallest absolute Gasteiger partial charge is 0.251 e. The lowest BCUT2D eigenvalue weighted by molar-refractivity contribution is -0.117. The Morgan fingerprint density at radius 1 is 1.23 bits per heavy atom. The van der Waals surface area contributed by atoms with Crippen molar-refractivity contribution >= 4 is 28.4 Å². The lowest BCUT2D eigenvalue weighted by Crippen LogP contribution is -2.37. The summed E-state index contributed by atoms with van der Waals surface area (Å²) in [4.78, 5) is 29.8. The van der Waals surface area contributed by atoms with Gasteiger partial charge >= 0.3 is 0 Å². The molecule has 6 heteroatoms. The zero-order chi connectivity index (χ0) is 18.1. The number of anilines is 1. The SMILES string of the molecule is COc1ccccc1N1C[C@@H](NC(=O)c2ccc3cc[nH]c3c2)CC1=O. The van der Waals surface area contributed by atoms with Gasteiger partial charge < -0.3 is 19.9 Å². The van der Waals surface area contributed by atoms with Gasteiger partial charge in [-0.25, -0.2) is 0 Å². The molecule has 0 bridgehead atoms. The number of benzene rings is 2. The summed E-state index contributed by atoms with van der Waals surface area (Å²) in [6, 6.07) is 14.6. The van der Waals surface area contributed by atoms with E-state index in [1.54, 1.807) is 18.1 Å². The van der Waals surface area contributed by atoms with Crippen LogP contribution in [0.5, 0.6) is 5.75 Å². The van der Waals surface area contributed by atoms with Gasteiger partial charge in [-0.05, 0) is 35.7 Å². The predicted molar refractivity (Wildman–Crippen MR) is 99.5 cm³/mol. The van der Waals surface area contributed by atoms with E-state index in [2.05, 4.69) is 10.3 Å². The van der Waals surface area contributed by atoms with Gasteiger partial charge in [-0.3, -0.25) is 9.59 Å². The van der Waals surface area contributed by atoms with Crippen LogP contribution in [0, 0.1) is 0 Å². The Kier molecular flexibility index (Phi) is 4.08. The molecule has 0 unspecified atom stereocenters. The van der Waals surface area contributed by atoms with Gasteiger partial charge in [0.2, 0.25) is 5.91 Å². The molecule has 1 aromatic heterocycles. The molecule has 6 nitrogen and oxygen atoms in total. The van der Waals surface area contributed by atoms with Crippen molar-refractivity contribution in [1.29, 1.82) is 0 Å². The highest BCUT2D eigenvalue weighted by Gasteiger charge is 2.33. The minimum atomic E-state index is -0.237. The van der Waals surface area contributed by atoms with Gasteiger partial charge in [-0.2, -0.15) is 0 Å². The van der Waals surface area contributed by atoms with E-state index in [0.717, 1.165) is 16.6 Å². The number of aromatic nitrogens is 1. The Bertz CT molecular complexity index is 979. The van der Waals surface area contributed by atoms with Crippen LogP contribution in [0.2, 0.25) is 0 Å². The van der Waals surface area contributed by atoms with Crippen LogP contribution in [-0.4, -0.2) is 36.5 Å². The van der Waals surface area contributed by atoms with Crippen molar-refractivity contribution in [3.63, 3.8) is 0 Å². The van der Waals surface area contributed by atoms with Crippen LogP contribution in [0.1, 0.15) is 16.8 Å². The molecule has 1 saturated heterocycles. The number of carbonyl (C=O) groups excluding carboxylic acids is 2. The summed E-state index contributed by atoms with van der Waals surface area (Å²) in [7, 11) is 1.58. The van der Waals surface area contributed by atoms with Gasteiger partial charge in [-0.15, -0.1) is 0 Å². The summed E-state index contributed by atoms with van der Waals surface area (Å²) in [5, 5.41) is 4.02. The molecule has 2 amide bonds. The predicted octanol–water partition coefficient (Wildman–Crippen LogP) is 2.71. The first kappa shape index (κ1) is 16.2. The zero-order valence-corrected chi connectivity index (χ0v) is 14.4. The van der Waals surface area contributed by atoms with Crippen molar-refractivity contribution in [1.82, 2.24) is 10.3 Å². The van der Waals surface area contributed by atoms with E-state index < -0.39 is 0 Å². The van der Waals surface area contributed by atoms with Crippen LogP contribution in [0.3, 0.4) is 0 Å². The third-order valence-corrected chi connectivity index (χ3v) is 4.65. The zero-order valence-electron chi connectivity index (χ0n) is 14.4. The maximum atomic E-state index is 12.6. The number of fused-ring (bicyclic) bond motifs is 1. The van der Waals surface area contributed by atoms with E-state index in [1.807, 2.05) is 48.7 Å². The molecule has 2 heterocycles. The number of aromatic amines is 1. The van der Waals surface area contributed by atoms with Crippen molar-refractivity contribution < 1.29 is 14.3 Å². The summed E-state index contributed by atoms with van der Waals surface area (Å²) in [5.41, 5.74) is 2.21. The van der Waals surface area contributed by atoms with Crippen molar-refractivity contribution in [3.8, 4) is 5.75 Å². The number of nitrogens with zero attached hydrogens (tertiary/aromatic N) is 1. The minimum absolute atomic E-state index is 0.0281. The molecule has 0 radical (unpaired) electrons. The van der Waals surface area contributed by atoms with E-state index in [-0.39, 0.29) is 24.3 Å². The van der Waals surface area contributed by atoms with Gasteiger partial charge in [0.05, 0.1) is 18.8 Å². The second-order valence-electron chi connectivity index (χ2n) is 6.33. The molecule has 1 aliphatic heterocycles. The molecule has 1 aliphatic rings. The molecule has 2 aromatic carbocycles. The Morgan fingerprint density at radius 3 is 2.92 bits per heavy atom. The molecule has 1 fully saturated rings. The highest BCUT2D eigenvalue weighted by molar-refractivity contribution is 6.01. The molecule has 2 N–H and O–H groups in total. The number of rotatable bonds is 4. The number of ether oxygens (including phenoxy) is 1. The quantitative estimate of drug-likeness (QED) is 0.760. The van der Waals surface area contributed by atoms with E-state index in [4.69, 9.17) is 4.74 Å².